The van der Waals surface area contributed by atoms with Crippen LogP contribution < -0.4 is 15.4 Å². The molecule has 1 amide bonds. The maximum atomic E-state index is 14.3. The van der Waals surface area contributed by atoms with E-state index in [4.69, 9.17) is 4.74 Å². The fourth-order valence-corrected chi connectivity index (χ4v) is 3.22. The van der Waals surface area contributed by atoms with Gasteiger partial charge in [0.15, 0.2) is 11.6 Å². The number of carbonyl (C=O) groups excluding carboxylic acids is 1. The van der Waals surface area contributed by atoms with Gasteiger partial charge in [-0.05, 0) is 43.8 Å². The Balaban J connectivity index is 1.62. The predicted molar refractivity (Wildman–Crippen MR) is 111 cm³/mol. The Bertz CT molecular complexity index is 911. The minimum Gasteiger partial charge on any atom is -0.490 e. The third-order valence-electron chi connectivity index (χ3n) is 4.86. The molecule has 0 spiro atoms. The highest BCUT2D eigenvalue weighted by atomic mass is 19.1. The maximum absolute atomic E-state index is 14.3. The smallest absolute Gasteiger partial charge is 0.257 e. The van der Waals surface area contributed by atoms with E-state index >= 15 is 0 Å². The summed E-state index contributed by atoms with van der Waals surface area (Å²) in [5.41, 5.74) is 1.22. The van der Waals surface area contributed by atoms with Crippen LogP contribution in [0.25, 0.3) is 5.57 Å². The van der Waals surface area contributed by atoms with Gasteiger partial charge >= 0.3 is 0 Å². The van der Waals surface area contributed by atoms with Crippen molar-refractivity contribution in [1.82, 2.24) is 4.90 Å². The first-order chi connectivity index (χ1) is 14.0. The van der Waals surface area contributed by atoms with Gasteiger partial charge in [0, 0.05) is 30.1 Å². The van der Waals surface area contributed by atoms with Crippen LogP contribution in [0.5, 0.6) is 5.75 Å². The van der Waals surface area contributed by atoms with Gasteiger partial charge in [-0.2, -0.15) is 0 Å². The molecule has 5 nitrogen and oxygen atoms in total. The normalized spacial score (nSPS) is 14.2. The standard InChI is InChI=1S/C22H25F2N3O2/c1-3-27(4-2)11-6-12-29-20-10-9-15(13-18(20)24)25-14-16-21-17(23)7-5-8-19(21)26-22(16)28/h5,7-10,13-14,25H,3-4,6,11-12H2,1-2H3,(H,26,28)/b16-14+. The Labute approximate surface area is 169 Å². The van der Waals surface area contributed by atoms with Crippen molar-refractivity contribution in [2.45, 2.75) is 20.3 Å². The molecule has 2 N–H and O–H groups in total. The van der Waals surface area contributed by atoms with Crippen molar-refractivity contribution >= 4 is 22.9 Å². The van der Waals surface area contributed by atoms with Crippen LogP contribution in [0.15, 0.2) is 42.6 Å². The summed E-state index contributed by atoms with van der Waals surface area (Å²) >= 11 is 0. The molecule has 0 unspecified atom stereocenters. The largest absolute Gasteiger partial charge is 0.490 e. The molecule has 29 heavy (non-hydrogen) atoms. The molecule has 0 bridgehead atoms. The summed E-state index contributed by atoms with van der Waals surface area (Å²) in [6, 6.07) is 8.92. The second-order valence-corrected chi connectivity index (χ2v) is 6.69. The van der Waals surface area contributed by atoms with Crippen molar-refractivity contribution in [3.8, 4) is 5.75 Å². The predicted octanol–water partition coefficient (Wildman–Crippen LogP) is 4.48. The van der Waals surface area contributed by atoms with Crippen LogP contribution in [0.3, 0.4) is 0 Å². The topological polar surface area (TPSA) is 53.6 Å². The van der Waals surface area contributed by atoms with Gasteiger partial charge in [-0.1, -0.05) is 19.9 Å². The lowest BCUT2D eigenvalue weighted by Crippen LogP contribution is -2.25. The SMILES string of the molecule is CCN(CC)CCCOc1ccc(N/C=C2/C(=O)Nc3cccc(F)c32)cc1F. The molecule has 1 aliphatic rings. The molecule has 0 aromatic heterocycles. The van der Waals surface area contributed by atoms with E-state index in [9.17, 15) is 13.6 Å². The molecule has 1 aliphatic heterocycles. The van der Waals surface area contributed by atoms with Gasteiger partial charge in [-0.15, -0.1) is 0 Å². The molecule has 0 saturated heterocycles. The van der Waals surface area contributed by atoms with Crippen molar-refractivity contribution in [3.05, 3.63) is 59.8 Å². The van der Waals surface area contributed by atoms with Gasteiger partial charge in [-0.25, -0.2) is 8.78 Å². The van der Waals surface area contributed by atoms with E-state index in [-0.39, 0.29) is 16.9 Å². The molecule has 7 heteroatoms. The van der Waals surface area contributed by atoms with Gasteiger partial charge in [-0.3, -0.25) is 4.79 Å². The monoisotopic (exact) mass is 401 g/mol. The average Bonchev–Trinajstić information content (AvgIpc) is 3.04. The van der Waals surface area contributed by atoms with Crippen LogP contribution in [0.2, 0.25) is 0 Å². The van der Waals surface area contributed by atoms with Crippen LogP contribution in [-0.2, 0) is 4.79 Å². The third kappa shape index (κ3) is 4.92. The van der Waals surface area contributed by atoms with E-state index in [1.54, 1.807) is 12.1 Å². The van der Waals surface area contributed by atoms with E-state index in [0.29, 0.717) is 18.0 Å². The van der Waals surface area contributed by atoms with Crippen LogP contribution in [0, 0.1) is 11.6 Å². The molecule has 1 heterocycles. The van der Waals surface area contributed by atoms with Crippen molar-refractivity contribution in [1.29, 1.82) is 0 Å². The summed E-state index contributed by atoms with van der Waals surface area (Å²) in [5.74, 6) is -1.23. The van der Waals surface area contributed by atoms with Gasteiger partial charge in [0.2, 0.25) is 0 Å². The molecule has 0 saturated carbocycles. The van der Waals surface area contributed by atoms with Crippen LogP contribution in [0.4, 0.5) is 20.2 Å². The number of carbonyl (C=O) groups is 1. The zero-order chi connectivity index (χ0) is 20.8. The number of hydrogen-bond acceptors (Lipinski definition) is 4. The first-order valence-electron chi connectivity index (χ1n) is 9.75. The summed E-state index contributed by atoms with van der Waals surface area (Å²) < 4.78 is 33.9. The third-order valence-corrected chi connectivity index (χ3v) is 4.86. The number of fused-ring (bicyclic) bond motifs is 1. The van der Waals surface area contributed by atoms with Crippen LogP contribution in [-0.4, -0.2) is 37.0 Å². The molecule has 2 aromatic rings. The lowest BCUT2D eigenvalue weighted by atomic mass is 10.1. The Morgan fingerprint density at radius 3 is 2.66 bits per heavy atom. The summed E-state index contributed by atoms with van der Waals surface area (Å²) in [4.78, 5) is 14.4. The number of nitrogens with zero attached hydrogens (tertiary/aromatic N) is 1. The molecular formula is C22H25F2N3O2. The first-order valence-corrected chi connectivity index (χ1v) is 9.75. The molecular weight excluding hydrogens is 376 g/mol. The lowest BCUT2D eigenvalue weighted by molar-refractivity contribution is -0.110. The minimum absolute atomic E-state index is 0.162. The van der Waals surface area contributed by atoms with E-state index in [2.05, 4.69) is 29.4 Å². The number of benzene rings is 2. The summed E-state index contributed by atoms with van der Waals surface area (Å²) in [6.07, 6.45) is 2.19. The zero-order valence-electron chi connectivity index (χ0n) is 16.6. The van der Waals surface area contributed by atoms with Gasteiger partial charge in [0.05, 0.1) is 17.9 Å². The number of ether oxygens (including phenoxy) is 1. The number of nitrogens with one attached hydrogen (secondary N) is 2. The van der Waals surface area contributed by atoms with E-state index < -0.39 is 17.5 Å². The van der Waals surface area contributed by atoms with E-state index in [0.717, 1.165) is 26.1 Å². The van der Waals surface area contributed by atoms with Crippen molar-refractivity contribution in [2.24, 2.45) is 0 Å². The Hall–Kier alpha value is -2.93. The first kappa shape index (κ1) is 20.8. The summed E-state index contributed by atoms with van der Waals surface area (Å²) in [5, 5.41) is 5.46. The highest BCUT2D eigenvalue weighted by Gasteiger charge is 2.27. The number of rotatable bonds is 9. The van der Waals surface area contributed by atoms with Crippen molar-refractivity contribution in [2.75, 3.05) is 36.9 Å². The number of amides is 1. The second-order valence-electron chi connectivity index (χ2n) is 6.69. The van der Waals surface area contributed by atoms with Crippen molar-refractivity contribution in [3.63, 3.8) is 0 Å². The quantitative estimate of drug-likeness (QED) is 0.481. The van der Waals surface area contributed by atoms with Gasteiger partial charge in [0.1, 0.15) is 5.82 Å². The molecule has 2 aromatic carbocycles. The fourth-order valence-electron chi connectivity index (χ4n) is 3.22. The molecule has 0 atom stereocenters. The van der Waals surface area contributed by atoms with Gasteiger partial charge in [0.25, 0.3) is 5.91 Å². The lowest BCUT2D eigenvalue weighted by Gasteiger charge is -2.17. The van der Waals surface area contributed by atoms with Gasteiger partial charge < -0.3 is 20.3 Å². The number of anilines is 2. The fraction of sp³-hybridized carbons (Fsp3) is 0.318. The Kier molecular flexibility index (Phi) is 6.82. The average molecular weight is 401 g/mol. The minimum atomic E-state index is -0.501. The van der Waals surface area contributed by atoms with E-state index in [1.807, 2.05) is 0 Å². The Morgan fingerprint density at radius 2 is 1.93 bits per heavy atom. The number of halogens is 2. The summed E-state index contributed by atoms with van der Waals surface area (Å²) in [7, 11) is 0. The molecule has 0 radical (unpaired) electrons. The highest BCUT2D eigenvalue weighted by molar-refractivity contribution is 6.31. The maximum Gasteiger partial charge on any atom is 0.257 e. The molecule has 3 rings (SSSR count). The highest BCUT2D eigenvalue weighted by Crippen LogP contribution is 2.33. The van der Waals surface area contributed by atoms with E-state index in [1.165, 1.54) is 30.5 Å². The molecule has 154 valence electrons. The van der Waals surface area contributed by atoms with Crippen molar-refractivity contribution < 1.29 is 18.3 Å². The number of hydrogen-bond donors (Lipinski definition) is 2. The zero-order valence-corrected chi connectivity index (χ0v) is 16.6. The second kappa shape index (κ2) is 9.52. The van der Waals surface area contributed by atoms with Crippen LogP contribution >= 0.6 is 0 Å². The van der Waals surface area contributed by atoms with Crippen LogP contribution in [0.1, 0.15) is 25.8 Å². The molecule has 0 aliphatic carbocycles. The summed E-state index contributed by atoms with van der Waals surface area (Å²) in [6.45, 7) is 7.50. The molecule has 0 fully saturated rings. The Morgan fingerprint density at radius 1 is 1.14 bits per heavy atom.